The molecule has 0 heterocycles. The molecule has 2 rings (SSSR count). The smallest absolute Gasteiger partial charge is 0.119 e. The zero-order chi connectivity index (χ0) is 10.9. The van der Waals surface area contributed by atoms with Gasteiger partial charge in [-0.15, -0.1) is 0 Å². The normalized spacial score (nSPS) is 17.5. The first kappa shape index (κ1) is 11.5. The van der Waals surface area contributed by atoms with Crippen LogP contribution in [0, 0.1) is 12.3 Å². The average molecular weight is 334 g/mol. The largest absolute Gasteiger partial charge is 0.493 e. The van der Waals surface area contributed by atoms with Gasteiger partial charge >= 0.3 is 0 Å². The van der Waals surface area contributed by atoms with Gasteiger partial charge in [-0.3, -0.25) is 0 Å². The average Bonchev–Trinajstić information content (AvgIpc) is 3.01. The van der Waals surface area contributed by atoms with E-state index in [9.17, 15) is 0 Å². The summed E-state index contributed by atoms with van der Waals surface area (Å²) < 4.78 is 6.94. The highest BCUT2D eigenvalue weighted by Crippen LogP contribution is 2.47. The molecular weight excluding hydrogens is 320 g/mol. The molecule has 0 atom stereocenters. The lowest BCUT2D eigenvalue weighted by Gasteiger charge is -2.13. The van der Waals surface area contributed by atoms with Crippen molar-refractivity contribution >= 4 is 31.9 Å². The predicted molar refractivity (Wildman–Crippen MR) is 69.8 cm³/mol. The van der Waals surface area contributed by atoms with Crippen LogP contribution >= 0.6 is 31.9 Å². The molecule has 0 radical (unpaired) electrons. The molecule has 82 valence electrons. The van der Waals surface area contributed by atoms with E-state index in [0.717, 1.165) is 22.2 Å². The quantitative estimate of drug-likeness (QED) is 0.746. The van der Waals surface area contributed by atoms with Crippen LogP contribution < -0.4 is 4.74 Å². The minimum Gasteiger partial charge on any atom is -0.493 e. The summed E-state index contributed by atoms with van der Waals surface area (Å²) in [6, 6.07) is 6.13. The molecule has 0 unspecified atom stereocenters. The van der Waals surface area contributed by atoms with Gasteiger partial charge in [-0.25, -0.2) is 0 Å². The monoisotopic (exact) mass is 332 g/mol. The summed E-state index contributed by atoms with van der Waals surface area (Å²) in [5.41, 5.74) is 1.64. The number of aryl methyl sites for hydroxylation is 1. The van der Waals surface area contributed by atoms with Gasteiger partial charge in [0.15, 0.2) is 0 Å². The van der Waals surface area contributed by atoms with Crippen LogP contribution in [0.1, 0.15) is 18.4 Å². The van der Waals surface area contributed by atoms with E-state index in [1.54, 1.807) is 0 Å². The fraction of sp³-hybridized carbons (Fsp3) is 0.500. The maximum Gasteiger partial charge on any atom is 0.119 e. The van der Waals surface area contributed by atoms with Crippen molar-refractivity contribution in [3.8, 4) is 5.75 Å². The third-order valence-corrected chi connectivity index (χ3v) is 4.99. The minimum absolute atomic E-state index is 0.418. The van der Waals surface area contributed by atoms with Crippen molar-refractivity contribution in [2.24, 2.45) is 5.41 Å². The van der Waals surface area contributed by atoms with E-state index in [0.29, 0.717) is 5.41 Å². The predicted octanol–water partition coefficient (Wildman–Crippen LogP) is 4.31. The molecule has 1 aromatic rings. The number of alkyl halides is 1. The third kappa shape index (κ3) is 2.76. The topological polar surface area (TPSA) is 9.23 Å². The second kappa shape index (κ2) is 4.46. The molecule has 0 saturated heterocycles. The van der Waals surface area contributed by atoms with Gasteiger partial charge in [-0.1, -0.05) is 31.9 Å². The van der Waals surface area contributed by atoms with Crippen LogP contribution in [-0.4, -0.2) is 11.9 Å². The second-order valence-electron chi connectivity index (χ2n) is 4.33. The van der Waals surface area contributed by atoms with Crippen LogP contribution in [0.2, 0.25) is 0 Å². The van der Waals surface area contributed by atoms with Crippen molar-refractivity contribution in [3.63, 3.8) is 0 Å². The second-order valence-corrected chi connectivity index (χ2v) is 5.75. The van der Waals surface area contributed by atoms with Gasteiger partial charge in [0.2, 0.25) is 0 Å². The van der Waals surface area contributed by atoms with Crippen LogP contribution in [0.15, 0.2) is 22.7 Å². The van der Waals surface area contributed by atoms with Gasteiger partial charge in [-0.05, 0) is 43.5 Å². The summed E-state index contributed by atoms with van der Waals surface area (Å²) >= 11 is 7.03. The lowest BCUT2D eigenvalue weighted by Crippen LogP contribution is -2.14. The fourth-order valence-corrected chi connectivity index (χ4v) is 2.41. The molecule has 1 aliphatic rings. The van der Waals surface area contributed by atoms with Crippen molar-refractivity contribution in [1.29, 1.82) is 0 Å². The molecule has 1 fully saturated rings. The first-order valence-corrected chi connectivity index (χ1v) is 7.02. The van der Waals surface area contributed by atoms with Crippen molar-refractivity contribution in [2.75, 3.05) is 11.9 Å². The number of rotatable bonds is 4. The molecule has 1 saturated carbocycles. The van der Waals surface area contributed by atoms with Crippen LogP contribution in [0.5, 0.6) is 5.75 Å². The molecule has 0 N–H and O–H groups in total. The molecule has 0 aromatic heterocycles. The molecule has 1 aromatic carbocycles. The Morgan fingerprint density at radius 2 is 2.13 bits per heavy atom. The lowest BCUT2D eigenvalue weighted by molar-refractivity contribution is 0.251. The maximum absolute atomic E-state index is 5.81. The SMILES string of the molecule is Cc1cc(OCC2(CBr)CC2)ccc1Br. The molecule has 1 nitrogen and oxygen atoms in total. The summed E-state index contributed by atoms with van der Waals surface area (Å²) in [6.07, 6.45) is 2.57. The standard InChI is InChI=1S/C12H14Br2O/c1-9-6-10(2-3-11(9)14)15-8-12(7-13)4-5-12/h2-3,6H,4-5,7-8H2,1H3. The maximum atomic E-state index is 5.81. The number of ether oxygens (including phenoxy) is 1. The summed E-state index contributed by atoms with van der Waals surface area (Å²) in [5.74, 6) is 0.975. The summed E-state index contributed by atoms with van der Waals surface area (Å²) in [5, 5.41) is 1.05. The molecule has 0 aliphatic heterocycles. The molecule has 15 heavy (non-hydrogen) atoms. The molecule has 0 spiro atoms. The van der Waals surface area contributed by atoms with Crippen LogP contribution in [0.4, 0.5) is 0 Å². The molecule has 1 aliphatic carbocycles. The number of halogens is 2. The Balaban J connectivity index is 1.96. The van der Waals surface area contributed by atoms with Crippen molar-refractivity contribution in [3.05, 3.63) is 28.2 Å². The zero-order valence-corrected chi connectivity index (χ0v) is 11.9. The van der Waals surface area contributed by atoms with E-state index in [1.807, 2.05) is 12.1 Å². The van der Waals surface area contributed by atoms with E-state index in [1.165, 1.54) is 18.4 Å². The third-order valence-electron chi connectivity index (χ3n) is 2.92. The Hall–Kier alpha value is -0.0200. The Kier molecular flexibility index (Phi) is 3.41. The zero-order valence-electron chi connectivity index (χ0n) is 8.72. The Morgan fingerprint density at radius 1 is 1.40 bits per heavy atom. The molecule has 0 amide bonds. The number of hydrogen-bond acceptors (Lipinski definition) is 1. The summed E-state index contributed by atoms with van der Waals surface area (Å²) in [7, 11) is 0. The Morgan fingerprint density at radius 3 is 2.67 bits per heavy atom. The van der Waals surface area contributed by atoms with Crippen LogP contribution in [0.25, 0.3) is 0 Å². The lowest BCUT2D eigenvalue weighted by atomic mass is 10.2. The van der Waals surface area contributed by atoms with Crippen molar-refractivity contribution in [1.82, 2.24) is 0 Å². The van der Waals surface area contributed by atoms with E-state index in [2.05, 4.69) is 44.8 Å². The van der Waals surface area contributed by atoms with Gasteiger partial charge in [0, 0.05) is 15.2 Å². The fourth-order valence-electron chi connectivity index (χ4n) is 1.44. The first-order chi connectivity index (χ1) is 7.15. The number of hydrogen-bond donors (Lipinski definition) is 0. The highest BCUT2D eigenvalue weighted by atomic mass is 79.9. The highest BCUT2D eigenvalue weighted by Gasteiger charge is 2.42. The van der Waals surface area contributed by atoms with E-state index < -0.39 is 0 Å². The number of benzene rings is 1. The molecule has 0 bridgehead atoms. The van der Waals surface area contributed by atoms with Gasteiger partial charge in [0.05, 0.1) is 6.61 Å². The van der Waals surface area contributed by atoms with Crippen molar-refractivity contribution < 1.29 is 4.74 Å². The van der Waals surface area contributed by atoms with E-state index in [4.69, 9.17) is 4.74 Å². The molecular formula is C12H14Br2O. The van der Waals surface area contributed by atoms with Gasteiger partial charge in [0.25, 0.3) is 0 Å². The summed E-state index contributed by atoms with van der Waals surface area (Å²) in [6.45, 7) is 2.91. The van der Waals surface area contributed by atoms with Gasteiger partial charge in [-0.2, -0.15) is 0 Å². The van der Waals surface area contributed by atoms with Crippen LogP contribution in [-0.2, 0) is 0 Å². The minimum atomic E-state index is 0.418. The summed E-state index contributed by atoms with van der Waals surface area (Å²) in [4.78, 5) is 0. The molecule has 3 heteroatoms. The van der Waals surface area contributed by atoms with Gasteiger partial charge < -0.3 is 4.74 Å². The Bertz CT molecular complexity index is 359. The van der Waals surface area contributed by atoms with Crippen molar-refractivity contribution in [2.45, 2.75) is 19.8 Å². The first-order valence-electron chi connectivity index (χ1n) is 5.10. The van der Waals surface area contributed by atoms with E-state index >= 15 is 0 Å². The highest BCUT2D eigenvalue weighted by molar-refractivity contribution is 9.10. The van der Waals surface area contributed by atoms with Crippen LogP contribution in [0.3, 0.4) is 0 Å². The van der Waals surface area contributed by atoms with E-state index in [-0.39, 0.29) is 0 Å². The van der Waals surface area contributed by atoms with Gasteiger partial charge in [0.1, 0.15) is 5.75 Å². The Labute approximate surface area is 107 Å².